The Labute approximate surface area is 106 Å². The first kappa shape index (κ1) is 12.8. The van der Waals surface area contributed by atoms with E-state index < -0.39 is 10.1 Å². The average molecular weight is 267 g/mol. The number of ketones is 1. The lowest BCUT2D eigenvalue weighted by Gasteiger charge is -2.13. The standard InChI is InChI=1S/C12H13NO4S/c14-11-8-6-10(7-9-11)13-17-18(15,16)12-4-2-1-3-5-12/h1-6,13H,7-9H2. The van der Waals surface area contributed by atoms with Crippen molar-refractivity contribution < 1.29 is 17.5 Å². The summed E-state index contributed by atoms with van der Waals surface area (Å²) in [6, 6.07) is 7.87. The zero-order valence-electron chi connectivity index (χ0n) is 9.63. The van der Waals surface area contributed by atoms with Crippen molar-refractivity contribution in [3.8, 4) is 0 Å². The van der Waals surface area contributed by atoms with Crippen LogP contribution in [-0.2, 0) is 19.2 Å². The molecule has 1 aromatic rings. The van der Waals surface area contributed by atoms with E-state index in [1.54, 1.807) is 24.3 Å². The molecule has 0 aliphatic heterocycles. The maximum atomic E-state index is 11.8. The normalized spacial score (nSPS) is 16.2. The molecule has 5 nitrogen and oxygen atoms in total. The number of hydrogen-bond donors (Lipinski definition) is 1. The van der Waals surface area contributed by atoms with E-state index in [1.165, 1.54) is 12.1 Å². The highest BCUT2D eigenvalue weighted by molar-refractivity contribution is 7.86. The van der Waals surface area contributed by atoms with Gasteiger partial charge in [0.05, 0.1) is 4.90 Å². The predicted molar refractivity (Wildman–Crippen MR) is 64.8 cm³/mol. The number of carbonyl (C=O) groups excluding carboxylic acids is 1. The van der Waals surface area contributed by atoms with Gasteiger partial charge in [-0.2, -0.15) is 8.42 Å². The van der Waals surface area contributed by atoms with E-state index in [2.05, 4.69) is 5.48 Å². The highest BCUT2D eigenvalue weighted by Crippen LogP contribution is 2.15. The second-order valence-corrected chi connectivity index (χ2v) is 5.47. The molecule has 0 atom stereocenters. The molecule has 0 radical (unpaired) electrons. The minimum Gasteiger partial charge on any atom is -0.299 e. The molecule has 2 rings (SSSR count). The number of rotatable bonds is 4. The summed E-state index contributed by atoms with van der Waals surface area (Å²) in [5.74, 6) is 0.145. The van der Waals surface area contributed by atoms with E-state index in [9.17, 15) is 13.2 Å². The summed E-state index contributed by atoms with van der Waals surface area (Å²) in [6.07, 6.45) is 2.85. The lowest BCUT2D eigenvalue weighted by Crippen LogP contribution is -2.22. The molecule has 0 saturated heterocycles. The fourth-order valence-electron chi connectivity index (χ4n) is 1.55. The maximum Gasteiger partial charge on any atom is 0.317 e. The van der Waals surface area contributed by atoms with Crippen LogP contribution in [0.1, 0.15) is 19.3 Å². The topological polar surface area (TPSA) is 72.5 Å². The first-order chi connectivity index (χ1) is 8.58. The van der Waals surface area contributed by atoms with Gasteiger partial charge in [0.25, 0.3) is 0 Å². The van der Waals surface area contributed by atoms with E-state index in [0.29, 0.717) is 25.0 Å². The van der Waals surface area contributed by atoms with Crippen molar-refractivity contribution in [2.45, 2.75) is 24.2 Å². The van der Waals surface area contributed by atoms with Gasteiger partial charge in [-0.15, -0.1) is 4.28 Å². The van der Waals surface area contributed by atoms with Crippen LogP contribution in [0.4, 0.5) is 0 Å². The molecule has 6 heteroatoms. The van der Waals surface area contributed by atoms with Crippen molar-refractivity contribution in [3.63, 3.8) is 0 Å². The molecule has 0 heterocycles. The molecule has 0 fully saturated rings. The largest absolute Gasteiger partial charge is 0.317 e. The third kappa shape index (κ3) is 3.18. The van der Waals surface area contributed by atoms with Crippen molar-refractivity contribution in [2.24, 2.45) is 0 Å². The molecular formula is C12H13NO4S. The van der Waals surface area contributed by atoms with Gasteiger partial charge in [-0.25, -0.2) is 0 Å². The summed E-state index contributed by atoms with van der Waals surface area (Å²) in [4.78, 5) is 11.1. The van der Waals surface area contributed by atoms with Crippen molar-refractivity contribution >= 4 is 15.9 Å². The van der Waals surface area contributed by atoms with Gasteiger partial charge in [0, 0.05) is 18.5 Å². The molecule has 0 spiro atoms. The number of benzene rings is 1. The van der Waals surface area contributed by atoms with Crippen LogP contribution in [0.2, 0.25) is 0 Å². The fourth-order valence-corrected chi connectivity index (χ4v) is 2.36. The van der Waals surface area contributed by atoms with Crippen LogP contribution in [0, 0.1) is 0 Å². The minimum atomic E-state index is -3.81. The number of hydrogen-bond acceptors (Lipinski definition) is 5. The predicted octanol–water partition coefficient (Wildman–Crippen LogP) is 1.53. The van der Waals surface area contributed by atoms with Crippen molar-refractivity contribution in [2.75, 3.05) is 0 Å². The van der Waals surface area contributed by atoms with Crippen LogP contribution in [0.15, 0.2) is 47.0 Å². The number of carbonyl (C=O) groups is 1. The van der Waals surface area contributed by atoms with Crippen molar-refractivity contribution in [1.29, 1.82) is 0 Å². The van der Waals surface area contributed by atoms with Gasteiger partial charge in [-0.1, -0.05) is 24.3 Å². The molecule has 0 aromatic heterocycles. The third-order valence-electron chi connectivity index (χ3n) is 2.56. The van der Waals surface area contributed by atoms with E-state index >= 15 is 0 Å². The summed E-state index contributed by atoms with van der Waals surface area (Å²) in [7, 11) is -3.81. The molecule has 1 N–H and O–H groups in total. The van der Waals surface area contributed by atoms with Gasteiger partial charge < -0.3 is 0 Å². The van der Waals surface area contributed by atoms with E-state index in [0.717, 1.165) is 0 Å². The Bertz CT molecular complexity index is 563. The molecule has 0 bridgehead atoms. The molecule has 0 saturated carbocycles. The van der Waals surface area contributed by atoms with Crippen LogP contribution < -0.4 is 5.48 Å². The Morgan fingerprint density at radius 2 is 1.83 bits per heavy atom. The van der Waals surface area contributed by atoms with E-state index in [-0.39, 0.29) is 10.7 Å². The van der Waals surface area contributed by atoms with Crippen molar-refractivity contribution in [1.82, 2.24) is 5.48 Å². The molecule has 18 heavy (non-hydrogen) atoms. The molecular weight excluding hydrogens is 254 g/mol. The number of nitrogens with one attached hydrogen (secondary N) is 1. The quantitative estimate of drug-likeness (QED) is 0.838. The zero-order chi connectivity index (χ0) is 13.0. The Morgan fingerprint density at radius 1 is 1.11 bits per heavy atom. The van der Waals surface area contributed by atoms with Crippen LogP contribution in [0.3, 0.4) is 0 Å². The molecule has 96 valence electrons. The van der Waals surface area contributed by atoms with Crippen LogP contribution >= 0.6 is 0 Å². The van der Waals surface area contributed by atoms with E-state index in [1.807, 2.05) is 0 Å². The molecule has 1 aliphatic rings. The van der Waals surface area contributed by atoms with Crippen LogP contribution in [0.5, 0.6) is 0 Å². The van der Waals surface area contributed by atoms with Crippen LogP contribution in [-0.4, -0.2) is 14.2 Å². The van der Waals surface area contributed by atoms with Gasteiger partial charge in [-0.3, -0.25) is 10.3 Å². The SMILES string of the molecule is O=C1CC=C(NOS(=O)(=O)c2ccccc2)CC1. The fraction of sp³-hybridized carbons (Fsp3) is 0.250. The first-order valence-corrected chi connectivity index (χ1v) is 6.94. The second-order valence-electron chi connectivity index (χ2n) is 3.92. The lowest BCUT2D eigenvalue weighted by atomic mass is 10.0. The van der Waals surface area contributed by atoms with Gasteiger partial charge in [-0.05, 0) is 18.6 Å². The lowest BCUT2D eigenvalue weighted by molar-refractivity contribution is -0.118. The molecule has 0 amide bonds. The average Bonchev–Trinajstić information content (AvgIpc) is 2.39. The van der Waals surface area contributed by atoms with Crippen LogP contribution in [0.25, 0.3) is 0 Å². The van der Waals surface area contributed by atoms with Crippen molar-refractivity contribution in [3.05, 3.63) is 42.1 Å². The molecule has 1 aromatic carbocycles. The first-order valence-electron chi connectivity index (χ1n) is 5.53. The zero-order valence-corrected chi connectivity index (χ0v) is 10.4. The summed E-state index contributed by atoms with van der Waals surface area (Å²) in [5, 5.41) is 0. The van der Waals surface area contributed by atoms with E-state index in [4.69, 9.17) is 4.28 Å². The third-order valence-corrected chi connectivity index (χ3v) is 3.72. The molecule has 0 unspecified atom stereocenters. The minimum absolute atomic E-state index is 0.0879. The van der Waals surface area contributed by atoms with Gasteiger partial charge in [0.2, 0.25) is 0 Å². The Balaban J connectivity index is 2.00. The Morgan fingerprint density at radius 3 is 2.44 bits per heavy atom. The Kier molecular flexibility index (Phi) is 3.78. The van der Waals surface area contributed by atoms with Gasteiger partial charge in [0.15, 0.2) is 0 Å². The summed E-state index contributed by atoms with van der Waals surface area (Å²) < 4.78 is 28.3. The summed E-state index contributed by atoms with van der Waals surface area (Å²) >= 11 is 0. The van der Waals surface area contributed by atoms with Gasteiger partial charge >= 0.3 is 10.1 Å². The maximum absolute atomic E-state index is 11.8. The second kappa shape index (κ2) is 5.32. The smallest absolute Gasteiger partial charge is 0.299 e. The Hall–Kier alpha value is -1.66. The monoisotopic (exact) mass is 267 g/mol. The number of allylic oxidation sites excluding steroid dienone is 2. The summed E-state index contributed by atoms with van der Waals surface area (Å²) in [5.41, 5.74) is 3.02. The summed E-state index contributed by atoms with van der Waals surface area (Å²) in [6.45, 7) is 0. The molecule has 1 aliphatic carbocycles. The number of Topliss-reactive ketones (excluding diaryl/α,β-unsaturated/α-hetero) is 1. The van der Waals surface area contributed by atoms with Gasteiger partial charge in [0.1, 0.15) is 5.78 Å². The highest BCUT2D eigenvalue weighted by Gasteiger charge is 2.17. The highest BCUT2D eigenvalue weighted by atomic mass is 32.2. The number of hydroxylamine groups is 1.